The Bertz CT molecular complexity index is 1430. The van der Waals surface area contributed by atoms with Gasteiger partial charge in [-0.1, -0.05) is 29.4 Å². The molecule has 36 heavy (non-hydrogen) atoms. The Hall–Kier alpha value is -4.01. The molecule has 0 bridgehead atoms. The summed E-state index contributed by atoms with van der Waals surface area (Å²) in [5, 5.41) is 11.9. The summed E-state index contributed by atoms with van der Waals surface area (Å²) in [7, 11) is 0. The molecule has 1 fully saturated rings. The number of nitrogens with one attached hydrogen (secondary N) is 1. The van der Waals surface area contributed by atoms with Crippen molar-refractivity contribution in [2.24, 2.45) is 5.92 Å². The lowest BCUT2D eigenvalue weighted by atomic mass is 9.95. The number of likely N-dealkylation sites (tertiary alicyclic amines) is 1. The van der Waals surface area contributed by atoms with Gasteiger partial charge in [-0.25, -0.2) is 9.67 Å². The molecule has 1 N–H and O–H groups in total. The lowest BCUT2D eigenvalue weighted by molar-refractivity contribution is -0.121. The molecule has 186 valence electrons. The van der Waals surface area contributed by atoms with Crippen molar-refractivity contribution in [3.05, 3.63) is 59.5 Å². The number of carbonyl (C=O) groups excluding carboxylic acids is 2. The molecule has 4 heterocycles. The van der Waals surface area contributed by atoms with Crippen LogP contribution in [0.2, 0.25) is 0 Å². The monoisotopic (exact) mass is 486 g/mol. The molecule has 1 aliphatic rings. The molecule has 9 nitrogen and oxygen atoms in total. The number of aryl methyl sites for hydroxylation is 2. The summed E-state index contributed by atoms with van der Waals surface area (Å²) in [6.07, 6.45) is 2.90. The maximum Gasteiger partial charge on any atom is 0.254 e. The molecule has 2 amide bonds. The number of aromatic nitrogens is 4. The predicted octanol–water partition coefficient (Wildman–Crippen LogP) is 4.77. The third-order valence-electron chi connectivity index (χ3n) is 6.74. The fraction of sp³-hybridized carbons (Fsp3) is 0.370. The summed E-state index contributed by atoms with van der Waals surface area (Å²) in [6, 6.07) is 11.7. The van der Waals surface area contributed by atoms with Crippen LogP contribution >= 0.6 is 0 Å². The number of benzene rings is 1. The molecule has 0 unspecified atom stereocenters. The van der Waals surface area contributed by atoms with E-state index in [1.54, 1.807) is 19.2 Å². The van der Waals surface area contributed by atoms with Gasteiger partial charge in [-0.05, 0) is 52.2 Å². The van der Waals surface area contributed by atoms with Gasteiger partial charge >= 0.3 is 0 Å². The van der Waals surface area contributed by atoms with E-state index in [9.17, 15) is 9.59 Å². The van der Waals surface area contributed by atoms with Crippen LogP contribution in [0.1, 0.15) is 54.4 Å². The number of amides is 2. The van der Waals surface area contributed by atoms with Gasteiger partial charge in [0, 0.05) is 36.7 Å². The second-order valence-corrected chi connectivity index (χ2v) is 9.67. The number of nitrogens with zero attached hydrogens (tertiary/aromatic N) is 5. The summed E-state index contributed by atoms with van der Waals surface area (Å²) in [5.74, 6) is 0.712. The van der Waals surface area contributed by atoms with E-state index in [1.165, 1.54) is 0 Å². The molecule has 0 spiro atoms. The van der Waals surface area contributed by atoms with Gasteiger partial charge in [0.15, 0.2) is 11.5 Å². The van der Waals surface area contributed by atoms with E-state index < -0.39 is 0 Å². The molecule has 0 radical (unpaired) electrons. The highest BCUT2D eigenvalue weighted by Gasteiger charge is 2.30. The van der Waals surface area contributed by atoms with Crippen LogP contribution in [0.3, 0.4) is 0 Å². The van der Waals surface area contributed by atoms with E-state index in [4.69, 9.17) is 9.51 Å². The lowest BCUT2D eigenvalue weighted by Crippen LogP contribution is -2.41. The molecule has 0 saturated carbocycles. The topological polar surface area (TPSA) is 106 Å². The number of hydrogen-bond donors (Lipinski definition) is 1. The molecule has 1 aliphatic heterocycles. The number of rotatable bonds is 5. The Morgan fingerprint density at radius 3 is 2.53 bits per heavy atom. The molecule has 1 aromatic carbocycles. The molecule has 9 heteroatoms. The largest absolute Gasteiger partial charge is 0.360 e. The average Bonchev–Trinajstić information content (AvgIpc) is 3.49. The van der Waals surface area contributed by atoms with Crippen molar-refractivity contribution >= 4 is 28.7 Å². The highest BCUT2D eigenvalue weighted by molar-refractivity contribution is 6.06. The smallest absolute Gasteiger partial charge is 0.254 e. The minimum absolute atomic E-state index is 0.0634. The number of piperidine rings is 1. The minimum atomic E-state index is -0.185. The second kappa shape index (κ2) is 9.56. The predicted molar refractivity (Wildman–Crippen MR) is 137 cm³/mol. The van der Waals surface area contributed by atoms with Gasteiger partial charge in [0.2, 0.25) is 5.91 Å². The zero-order valence-corrected chi connectivity index (χ0v) is 21.0. The highest BCUT2D eigenvalue weighted by atomic mass is 16.5. The zero-order valence-electron chi connectivity index (χ0n) is 21.0. The van der Waals surface area contributed by atoms with E-state index in [0.717, 1.165) is 22.2 Å². The summed E-state index contributed by atoms with van der Waals surface area (Å²) < 4.78 is 6.88. The number of pyridine rings is 1. The Morgan fingerprint density at radius 1 is 1.11 bits per heavy atom. The van der Waals surface area contributed by atoms with Crippen LogP contribution in [0.4, 0.5) is 5.82 Å². The van der Waals surface area contributed by atoms with Gasteiger partial charge in [-0.15, -0.1) is 0 Å². The summed E-state index contributed by atoms with van der Waals surface area (Å²) in [6.45, 7) is 8.91. The average molecular weight is 487 g/mol. The van der Waals surface area contributed by atoms with E-state index >= 15 is 0 Å². The molecule has 0 atom stereocenters. The van der Waals surface area contributed by atoms with Crippen LogP contribution in [-0.2, 0) is 4.79 Å². The SMILES string of the molecule is Cc1cc(NC(=O)C2CCN(C(=O)c3cc(-c4ccccc4C)nc4c3cnn4C(C)C)CC2)no1. The van der Waals surface area contributed by atoms with Crippen molar-refractivity contribution < 1.29 is 14.1 Å². The number of anilines is 1. The maximum absolute atomic E-state index is 13.8. The molecule has 0 aliphatic carbocycles. The van der Waals surface area contributed by atoms with Crippen molar-refractivity contribution in [1.29, 1.82) is 0 Å². The Kier molecular flexibility index (Phi) is 6.30. The van der Waals surface area contributed by atoms with Crippen LogP contribution in [0, 0.1) is 19.8 Å². The maximum atomic E-state index is 13.8. The normalized spacial score (nSPS) is 14.5. The van der Waals surface area contributed by atoms with Crippen molar-refractivity contribution in [2.45, 2.75) is 46.6 Å². The van der Waals surface area contributed by atoms with Crippen LogP contribution in [0.25, 0.3) is 22.3 Å². The first-order valence-corrected chi connectivity index (χ1v) is 12.3. The standard InChI is InChI=1S/C27H30N6O3/c1-16(2)33-25-22(15-28-33)21(14-23(29-25)20-8-6-5-7-17(20)3)27(35)32-11-9-19(10-12-32)26(34)30-24-13-18(4)36-31-24/h5-8,13-16,19H,9-12H2,1-4H3,(H,30,31,34). The van der Waals surface area contributed by atoms with Crippen molar-refractivity contribution in [2.75, 3.05) is 18.4 Å². The first kappa shape index (κ1) is 23.7. The van der Waals surface area contributed by atoms with Crippen LogP contribution in [-0.4, -0.2) is 49.7 Å². The molecule has 3 aromatic heterocycles. The summed E-state index contributed by atoms with van der Waals surface area (Å²) in [5.41, 5.74) is 4.12. The van der Waals surface area contributed by atoms with Gasteiger partial charge in [-0.3, -0.25) is 9.59 Å². The lowest BCUT2D eigenvalue weighted by Gasteiger charge is -2.31. The van der Waals surface area contributed by atoms with Crippen molar-refractivity contribution in [3.8, 4) is 11.3 Å². The molecule has 1 saturated heterocycles. The first-order valence-electron chi connectivity index (χ1n) is 12.3. The van der Waals surface area contributed by atoms with Crippen molar-refractivity contribution in [1.82, 2.24) is 24.8 Å². The second-order valence-electron chi connectivity index (χ2n) is 9.67. The third kappa shape index (κ3) is 4.48. The molecular weight excluding hydrogens is 456 g/mol. The van der Waals surface area contributed by atoms with Crippen molar-refractivity contribution in [3.63, 3.8) is 0 Å². The fourth-order valence-electron chi connectivity index (χ4n) is 4.74. The Morgan fingerprint density at radius 2 is 1.86 bits per heavy atom. The van der Waals surface area contributed by atoms with Gasteiger partial charge in [0.25, 0.3) is 5.91 Å². The molecule has 5 rings (SSSR count). The van der Waals surface area contributed by atoms with E-state index in [2.05, 4.69) is 15.6 Å². The highest BCUT2D eigenvalue weighted by Crippen LogP contribution is 2.30. The number of hydrogen-bond acceptors (Lipinski definition) is 6. The quantitative estimate of drug-likeness (QED) is 0.435. The molecular formula is C27H30N6O3. The van der Waals surface area contributed by atoms with E-state index in [-0.39, 0.29) is 23.8 Å². The first-order chi connectivity index (χ1) is 17.3. The Balaban J connectivity index is 1.40. The zero-order chi connectivity index (χ0) is 25.4. The summed E-state index contributed by atoms with van der Waals surface area (Å²) >= 11 is 0. The Labute approximate surface area is 209 Å². The van der Waals surface area contributed by atoms with Crippen LogP contribution in [0.15, 0.2) is 47.1 Å². The summed E-state index contributed by atoms with van der Waals surface area (Å²) in [4.78, 5) is 33.2. The van der Waals surface area contributed by atoms with E-state index in [0.29, 0.717) is 48.7 Å². The number of fused-ring (bicyclic) bond motifs is 1. The minimum Gasteiger partial charge on any atom is -0.360 e. The third-order valence-corrected chi connectivity index (χ3v) is 6.74. The van der Waals surface area contributed by atoms with Gasteiger partial charge < -0.3 is 14.7 Å². The van der Waals surface area contributed by atoms with Gasteiger partial charge in [-0.2, -0.15) is 5.10 Å². The number of carbonyl (C=O) groups is 2. The van der Waals surface area contributed by atoms with Gasteiger partial charge in [0.05, 0.1) is 22.8 Å². The van der Waals surface area contributed by atoms with Crippen LogP contribution < -0.4 is 5.32 Å². The molecule has 4 aromatic rings. The fourth-order valence-corrected chi connectivity index (χ4v) is 4.74. The van der Waals surface area contributed by atoms with Gasteiger partial charge in [0.1, 0.15) is 5.76 Å². The van der Waals surface area contributed by atoms with Crippen LogP contribution in [0.5, 0.6) is 0 Å². The van der Waals surface area contributed by atoms with E-state index in [1.807, 2.05) is 60.7 Å².